The standard InChI is InChI=1S/C15H20FNO3S/c1-11(2)10-21(18,19)17-6-7-20-15(9-17)13-4-5-14(16)12(3)8-13/h4-5,8,15H,1,6-7,9-10H2,2-3H3/t15-/m0/s1. The molecule has 1 atom stereocenters. The number of hydrogen-bond donors (Lipinski definition) is 0. The van der Waals surface area contributed by atoms with Crippen molar-refractivity contribution < 1.29 is 17.5 Å². The highest BCUT2D eigenvalue weighted by atomic mass is 32.2. The maximum absolute atomic E-state index is 13.3. The number of rotatable bonds is 4. The summed E-state index contributed by atoms with van der Waals surface area (Å²) in [7, 11) is -3.36. The number of ether oxygens (including phenoxy) is 1. The number of aryl methyl sites for hydroxylation is 1. The van der Waals surface area contributed by atoms with Crippen LogP contribution in [0.3, 0.4) is 0 Å². The summed E-state index contributed by atoms with van der Waals surface area (Å²) in [5, 5.41) is 0. The van der Waals surface area contributed by atoms with Crippen LogP contribution in [0, 0.1) is 12.7 Å². The molecule has 0 saturated carbocycles. The van der Waals surface area contributed by atoms with Gasteiger partial charge in [0.05, 0.1) is 18.5 Å². The molecule has 0 spiro atoms. The van der Waals surface area contributed by atoms with Crippen LogP contribution in [-0.2, 0) is 14.8 Å². The van der Waals surface area contributed by atoms with Gasteiger partial charge in [0.25, 0.3) is 0 Å². The second-order valence-electron chi connectivity index (χ2n) is 5.44. The predicted molar refractivity (Wildman–Crippen MR) is 80.0 cm³/mol. The third-order valence-corrected chi connectivity index (χ3v) is 5.38. The monoisotopic (exact) mass is 313 g/mol. The lowest BCUT2D eigenvalue weighted by molar-refractivity contribution is -0.00253. The molecule has 4 nitrogen and oxygen atoms in total. The topological polar surface area (TPSA) is 46.6 Å². The highest BCUT2D eigenvalue weighted by Crippen LogP contribution is 2.25. The molecular formula is C15H20FNO3S. The first kappa shape index (κ1) is 16.1. The van der Waals surface area contributed by atoms with E-state index >= 15 is 0 Å². The van der Waals surface area contributed by atoms with Gasteiger partial charge >= 0.3 is 0 Å². The summed E-state index contributed by atoms with van der Waals surface area (Å²) in [6.45, 7) is 7.95. The second kappa shape index (κ2) is 6.25. The van der Waals surface area contributed by atoms with E-state index in [4.69, 9.17) is 4.74 Å². The SMILES string of the molecule is C=C(C)CS(=O)(=O)N1CCO[C@H](c2ccc(F)c(C)c2)C1. The van der Waals surface area contributed by atoms with Gasteiger partial charge in [-0.15, -0.1) is 0 Å². The number of hydrogen-bond acceptors (Lipinski definition) is 3. The van der Waals surface area contributed by atoms with Crippen LogP contribution < -0.4 is 0 Å². The zero-order valence-corrected chi connectivity index (χ0v) is 13.1. The summed E-state index contributed by atoms with van der Waals surface area (Å²) in [4.78, 5) is 0. The molecule has 0 bridgehead atoms. The Bertz CT molecular complexity index is 642. The van der Waals surface area contributed by atoms with Crippen molar-refractivity contribution >= 4 is 10.0 Å². The van der Waals surface area contributed by atoms with Crippen LogP contribution in [-0.4, -0.2) is 38.2 Å². The first-order valence-electron chi connectivity index (χ1n) is 6.79. The lowest BCUT2D eigenvalue weighted by atomic mass is 10.1. The zero-order valence-electron chi connectivity index (χ0n) is 12.3. The van der Waals surface area contributed by atoms with Crippen LogP contribution >= 0.6 is 0 Å². The van der Waals surface area contributed by atoms with Gasteiger partial charge in [-0.3, -0.25) is 0 Å². The van der Waals surface area contributed by atoms with Crippen LogP contribution in [0.5, 0.6) is 0 Å². The molecule has 1 fully saturated rings. The quantitative estimate of drug-likeness (QED) is 0.802. The molecule has 1 aliphatic heterocycles. The van der Waals surface area contributed by atoms with Crippen LogP contribution in [0.15, 0.2) is 30.4 Å². The molecule has 6 heteroatoms. The van der Waals surface area contributed by atoms with E-state index in [9.17, 15) is 12.8 Å². The molecule has 21 heavy (non-hydrogen) atoms. The van der Waals surface area contributed by atoms with Gasteiger partial charge < -0.3 is 4.74 Å². The smallest absolute Gasteiger partial charge is 0.218 e. The molecule has 116 valence electrons. The summed E-state index contributed by atoms with van der Waals surface area (Å²) < 4.78 is 44.9. The number of sulfonamides is 1. The average molecular weight is 313 g/mol. The van der Waals surface area contributed by atoms with Gasteiger partial charge in [0, 0.05) is 13.1 Å². The Hall–Kier alpha value is -1.24. The minimum absolute atomic E-state index is 0.0534. The number of halogens is 1. The molecule has 0 aliphatic carbocycles. The van der Waals surface area contributed by atoms with Crippen molar-refractivity contribution in [2.24, 2.45) is 0 Å². The largest absolute Gasteiger partial charge is 0.371 e. The molecule has 2 rings (SSSR count). The van der Waals surface area contributed by atoms with E-state index in [0.717, 1.165) is 5.56 Å². The van der Waals surface area contributed by atoms with Crippen LogP contribution in [0.25, 0.3) is 0 Å². The van der Waals surface area contributed by atoms with Gasteiger partial charge in [-0.1, -0.05) is 24.3 Å². The van der Waals surface area contributed by atoms with Gasteiger partial charge in [-0.25, -0.2) is 12.8 Å². The molecule has 1 aliphatic rings. The molecule has 1 aromatic carbocycles. The molecule has 0 unspecified atom stereocenters. The number of nitrogens with zero attached hydrogens (tertiary/aromatic N) is 1. The van der Waals surface area contributed by atoms with Gasteiger partial charge in [-0.2, -0.15) is 4.31 Å². The van der Waals surface area contributed by atoms with E-state index in [1.54, 1.807) is 26.0 Å². The van der Waals surface area contributed by atoms with Crippen LogP contribution in [0.2, 0.25) is 0 Å². The molecule has 1 aromatic rings. The van der Waals surface area contributed by atoms with Gasteiger partial charge in [0.2, 0.25) is 10.0 Å². The van der Waals surface area contributed by atoms with Crippen molar-refractivity contribution in [3.63, 3.8) is 0 Å². The summed E-state index contributed by atoms with van der Waals surface area (Å²) in [5.74, 6) is -0.330. The molecule has 0 amide bonds. The Labute approximate surface area is 125 Å². The Morgan fingerprint density at radius 2 is 2.24 bits per heavy atom. The molecule has 0 N–H and O–H groups in total. The summed E-state index contributed by atoms with van der Waals surface area (Å²) in [6.07, 6.45) is -0.363. The molecular weight excluding hydrogens is 293 g/mol. The highest BCUT2D eigenvalue weighted by Gasteiger charge is 2.30. The molecule has 0 aromatic heterocycles. The number of morpholine rings is 1. The van der Waals surface area contributed by atoms with Crippen molar-refractivity contribution in [3.05, 3.63) is 47.3 Å². The second-order valence-corrected chi connectivity index (χ2v) is 7.41. The Balaban J connectivity index is 2.17. The van der Waals surface area contributed by atoms with E-state index in [2.05, 4.69) is 6.58 Å². The average Bonchev–Trinajstić information content (AvgIpc) is 2.41. The van der Waals surface area contributed by atoms with E-state index in [1.807, 2.05) is 0 Å². The van der Waals surface area contributed by atoms with Gasteiger partial charge in [0.1, 0.15) is 5.82 Å². The van der Waals surface area contributed by atoms with E-state index in [1.165, 1.54) is 10.4 Å². The Morgan fingerprint density at radius 3 is 2.86 bits per heavy atom. The maximum atomic E-state index is 13.3. The summed E-state index contributed by atoms with van der Waals surface area (Å²) in [5.41, 5.74) is 1.93. The van der Waals surface area contributed by atoms with Gasteiger partial charge in [0.15, 0.2) is 0 Å². The molecule has 1 heterocycles. The molecule has 0 radical (unpaired) electrons. The fourth-order valence-corrected chi connectivity index (χ4v) is 3.87. The minimum Gasteiger partial charge on any atom is -0.371 e. The number of benzene rings is 1. The highest BCUT2D eigenvalue weighted by molar-refractivity contribution is 7.89. The lowest BCUT2D eigenvalue weighted by Gasteiger charge is -2.32. The van der Waals surface area contributed by atoms with E-state index < -0.39 is 10.0 Å². The van der Waals surface area contributed by atoms with Crippen molar-refractivity contribution in [1.82, 2.24) is 4.31 Å². The first-order chi connectivity index (χ1) is 9.79. The maximum Gasteiger partial charge on any atom is 0.218 e. The predicted octanol–water partition coefficient (Wildman–Crippen LogP) is 2.41. The third kappa shape index (κ3) is 3.90. The van der Waals surface area contributed by atoms with Crippen LogP contribution in [0.1, 0.15) is 24.2 Å². The lowest BCUT2D eigenvalue weighted by Crippen LogP contribution is -2.43. The summed E-state index contributed by atoms with van der Waals surface area (Å²) in [6, 6.07) is 4.73. The fourth-order valence-electron chi connectivity index (χ4n) is 2.35. The Morgan fingerprint density at radius 1 is 1.52 bits per heavy atom. The minimum atomic E-state index is -3.36. The van der Waals surface area contributed by atoms with E-state index in [0.29, 0.717) is 24.3 Å². The van der Waals surface area contributed by atoms with Crippen LogP contribution in [0.4, 0.5) is 4.39 Å². The molecule has 1 saturated heterocycles. The zero-order chi connectivity index (χ0) is 15.6. The normalized spacial score (nSPS) is 20.4. The Kier molecular flexibility index (Phi) is 4.81. The first-order valence-corrected chi connectivity index (χ1v) is 8.40. The van der Waals surface area contributed by atoms with Crippen molar-refractivity contribution in [2.75, 3.05) is 25.4 Å². The fraction of sp³-hybridized carbons (Fsp3) is 0.467. The van der Waals surface area contributed by atoms with Crippen molar-refractivity contribution in [2.45, 2.75) is 20.0 Å². The van der Waals surface area contributed by atoms with Crippen molar-refractivity contribution in [1.29, 1.82) is 0 Å². The summed E-state index contributed by atoms with van der Waals surface area (Å²) >= 11 is 0. The van der Waals surface area contributed by atoms with E-state index in [-0.39, 0.29) is 24.2 Å². The van der Waals surface area contributed by atoms with Crippen molar-refractivity contribution in [3.8, 4) is 0 Å². The van der Waals surface area contributed by atoms with Gasteiger partial charge in [-0.05, 0) is 31.0 Å². The third-order valence-electron chi connectivity index (χ3n) is 3.41.